The molecule has 4 rings (SSSR count). The molecule has 164 valence electrons. The fourth-order valence-electron chi connectivity index (χ4n) is 3.95. The van der Waals surface area contributed by atoms with Crippen molar-refractivity contribution in [1.29, 1.82) is 0 Å². The van der Waals surface area contributed by atoms with Crippen molar-refractivity contribution >= 4 is 29.1 Å². The number of piperazine rings is 1. The first kappa shape index (κ1) is 21.4. The minimum absolute atomic E-state index is 0.0988. The summed E-state index contributed by atoms with van der Waals surface area (Å²) in [5.74, 6) is -1.28. The summed E-state index contributed by atoms with van der Waals surface area (Å²) in [5, 5.41) is 0.803. The van der Waals surface area contributed by atoms with Gasteiger partial charge in [0.05, 0.1) is 10.7 Å². The largest absolute Gasteiger partial charge is 0.334 e. The summed E-state index contributed by atoms with van der Waals surface area (Å²) in [6.45, 7) is 4.59. The van der Waals surface area contributed by atoms with Gasteiger partial charge >= 0.3 is 11.8 Å². The maximum atomic E-state index is 13.1. The van der Waals surface area contributed by atoms with Gasteiger partial charge in [-0.2, -0.15) is 0 Å². The topological polar surface area (TPSA) is 73.8 Å². The maximum absolute atomic E-state index is 13.1. The lowest BCUT2D eigenvalue weighted by atomic mass is 10.1. The molecular formula is C22H25FN4O3S. The second-order valence-electron chi connectivity index (χ2n) is 7.91. The minimum atomic E-state index is -0.468. The summed E-state index contributed by atoms with van der Waals surface area (Å²) in [4.78, 5) is 47.8. The van der Waals surface area contributed by atoms with Crippen LogP contribution in [0.4, 0.5) is 4.39 Å². The first-order valence-electron chi connectivity index (χ1n) is 10.5. The van der Waals surface area contributed by atoms with Crippen LogP contribution < -0.4 is 0 Å². The van der Waals surface area contributed by atoms with Gasteiger partial charge in [0.25, 0.3) is 5.91 Å². The zero-order valence-corrected chi connectivity index (χ0v) is 18.3. The van der Waals surface area contributed by atoms with Crippen molar-refractivity contribution in [3.63, 3.8) is 0 Å². The number of benzene rings is 1. The molecule has 2 aliphatic rings. The van der Waals surface area contributed by atoms with Gasteiger partial charge in [0.2, 0.25) is 0 Å². The van der Waals surface area contributed by atoms with Gasteiger partial charge in [0.15, 0.2) is 0 Å². The highest BCUT2D eigenvalue weighted by Crippen LogP contribution is 2.23. The smallest absolute Gasteiger partial charge is 0.312 e. The number of aryl methyl sites for hydroxylation is 1. The molecule has 1 aromatic carbocycles. The van der Waals surface area contributed by atoms with E-state index in [2.05, 4.69) is 4.98 Å². The number of hydrogen-bond donors (Lipinski definition) is 0. The summed E-state index contributed by atoms with van der Waals surface area (Å²) in [7, 11) is 0. The normalized spacial score (nSPS) is 16.6. The second-order valence-corrected chi connectivity index (χ2v) is 8.99. The molecule has 9 heteroatoms. The molecule has 0 spiro atoms. The molecule has 0 unspecified atom stereocenters. The number of thiazole rings is 1. The van der Waals surface area contributed by atoms with Gasteiger partial charge in [-0.25, -0.2) is 9.37 Å². The zero-order valence-electron chi connectivity index (χ0n) is 17.5. The van der Waals surface area contributed by atoms with E-state index in [-0.39, 0.29) is 11.7 Å². The van der Waals surface area contributed by atoms with E-state index >= 15 is 0 Å². The summed E-state index contributed by atoms with van der Waals surface area (Å²) >= 11 is 1.35. The summed E-state index contributed by atoms with van der Waals surface area (Å²) in [5.41, 5.74) is 1.61. The van der Waals surface area contributed by atoms with E-state index in [1.165, 1.54) is 23.5 Å². The molecule has 31 heavy (non-hydrogen) atoms. The molecule has 0 aliphatic carbocycles. The third-order valence-electron chi connectivity index (χ3n) is 5.73. The van der Waals surface area contributed by atoms with Gasteiger partial charge in [0, 0.05) is 45.7 Å². The van der Waals surface area contributed by atoms with Gasteiger partial charge in [-0.05, 0) is 37.5 Å². The van der Waals surface area contributed by atoms with Crippen LogP contribution >= 0.6 is 11.3 Å². The van der Waals surface area contributed by atoms with Crippen LogP contribution in [0.2, 0.25) is 0 Å². The molecule has 0 atom stereocenters. The molecule has 3 heterocycles. The predicted molar refractivity (Wildman–Crippen MR) is 114 cm³/mol. The third kappa shape index (κ3) is 4.76. The fourth-order valence-corrected chi connectivity index (χ4v) is 5.02. The Bertz CT molecular complexity index is 977. The van der Waals surface area contributed by atoms with E-state index in [1.54, 1.807) is 26.8 Å². The van der Waals surface area contributed by atoms with Crippen molar-refractivity contribution in [2.24, 2.45) is 0 Å². The van der Waals surface area contributed by atoms with Crippen LogP contribution in [0.25, 0.3) is 0 Å². The highest BCUT2D eigenvalue weighted by Gasteiger charge is 2.32. The maximum Gasteiger partial charge on any atom is 0.312 e. The van der Waals surface area contributed by atoms with Crippen LogP contribution in [0, 0.1) is 12.7 Å². The number of likely N-dealkylation sites (tertiary alicyclic amines) is 1. The third-order valence-corrected chi connectivity index (χ3v) is 6.88. The van der Waals surface area contributed by atoms with Crippen LogP contribution in [0.3, 0.4) is 0 Å². The summed E-state index contributed by atoms with van der Waals surface area (Å²) < 4.78 is 13.1. The van der Waals surface area contributed by atoms with Crippen molar-refractivity contribution in [2.75, 3.05) is 39.3 Å². The van der Waals surface area contributed by atoms with Crippen molar-refractivity contribution in [3.05, 3.63) is 51.2 Å². The molecule has 2 aliphatic heterocycles. The van der Waals surface area contributed by atoms with Crippen LogP contribution in [0.5, 0.6) is 0 Å². The van der Waals surface area contributed by atoms with Gasteiger partial charge in [-0.15, -0.1) is 11.3 Å². The van der Waals surface area contributed by atoms with Crippen LogP contribution in [0.15, 0.2) is 24.3 Å². The van der Waals surface area contributed by atoms with E-state index in [4.69, 9.17) is 0 Å². The molecule has 0 radical (unpaired) electrons. The van der Waals surface area contributed by atoms with E-state index in [0.29, 0.717) is 56.3 Å². The summed E-state index contributed by atoms with van der Waals surface area (Å²) in [6.07, 6.45) is 2.43. The van der Waals surface area contributed by atoms with Gasteiger partial charge in [0.1, 0.15) is 10.7 Å². The van der Waals surface area contributed by atoms with Crippen molar-refractivity contribution in [1.82, 2.24) is 19.7 Å². The summed E-state index contributed by atoms with van der Waals surface area (Å²) in [6, 6.07) is 6.26. The SMILES string of the molecule is Cc1nc(Cc2ccc(F)cc2)sc1C(=O)N1CCN(C(=O)C(=O)N2CCCC2)CC1. The number of carbonyl (C=O) groups is 3. The standard InChI is InChI=1S/C22H25FN4O3S/c1-15-19(31-18(24-15)14-16-4-6-17(23)7-5-16)20(28)26-10-12-27(13-11-26)22(30)21(29)25-8-2-3-9-25/h4-7H,2-3,8-14H2,1H3. The monoisotopic (exact) mass is 444 g/mol. The molecule has 0 saturated carbocycles. The van der Waals surface area contributed by atoms with Gasteiger partial charge in [-0.1, -0.05) is 12.1 Å². The minimum Gasteiger partial charge on any atom is -0.334 e. The predicted octanol–water partition coefficient (Wildman–Crippen LogP) is 2.09. The highest BCUT2D eigenvalue weighted by atomic mass is 32.1. The van der Waals surface area contributed by atoms with Crippen molar-refractivity contribution in [3.8, 4) is 0 Å². The van der Waals surface area contributed by atoms with Crippen LogP contribution in [0.1, 0.15) is 38.8 Å². The number of aromatic nitrogens is 1. The van der Waals surface area contributed by atoms with E-state index in [9.17, 15) is 18.8 Å². The Kier molecular flexibility index (Phi) is 6.31. The lowest BCUT2D eigenvalue weighted by molar-refractivity contribution is -0.152. The molecule has 2 aromatic rings. The molecule has 2 saturated heterocycles. The lowest BCUT2D eigenvalue weighted by Crippen LogP contribution is -2.54. The molecule has 2 fully saturated rings. The highest BCUT2D eigenvalue weighted by molar-refractivity contribution is 7.13. The Morgan fingerprint density at radius 1 is 0.903 bits per heavy atom. The number of rotatable bonds is 3. The second kappa shape index (κ2) is 9.13. The Hall–Kier alpha value is -2.81. The van der Waals surface area contributed by atoms with E-state index in [0.717, 1.165) is 23.4 Å². The molecular weight excluding hydrogens is 419 g/mol. The Labute approximate surface area is 184 Å². The van der Waals surface area contributed by atoms with Crippen LogP contribution in [-0.2, 0) is 16.0 Å². The average molecular weight is 445 g/mol. The lowest BCUT2D eigenvalue weighted by Gasteiger charge is -2.34. The first-order valence-corrected chi connectivity index (χ1v) is 11.3. The molecule has 1 aromatic heterocycles. The zero-order chi connectivity index (χ0) is 22.0. The quantitative estimate of drug-likeness (QED) is 0.680. The average Bonchev–Trinajstić information content (AvgIpc) is 3.44. The fraction of sp³-hybridized carbons (Fsp3) is 0.455. The molecule has 7 nitrogen and oxygen atoms in total. The Morgan fingerprint density at radius 3 is 2.06 bits per heavy atom. The first-order chi connectivity index (χ1) is 14.9. The number of nitrogens with zero attached hydrogens (tertiary/aromatic N) is 4. The molecule has 3 amide bonds. The number of carbonyl (C=O) groups excluding carboxylic acids is 3. The number of amides is 3. The van der Waals surface area contributed by atoms with Crippen molar-refractivity contribution in [2.45, 2.75) is 26.2 Å². The molecule has 0 bridgehead atoms. The van der Waals surface area contributed by atoms with Crippen molar-refractivity contribution < 1.29 is 18.8 Å². The number of halogens is 1. The van der Waals surface area contributed by atoms with Gasteiger partial charge in [-0.3, -0.25) is 14.4 Å². The van der Waals surface area contributed by atoms with Crippen LogP contribution in [-0.4, -0.2) is 76.7 Å². The Morgan fingerprint density at radius 2 is 1.45 bits per heavy atom. The van der Waals surface area contributed by atoms with Gasteiger partial charge < -0.3 is 14.7 Å². The Balaban J connectivity index is 1.35. The number of hydrogen-bond acceptors (Lipinski definition) is 5. The van der Waals surface area contributed by atoms with E-state index < -0.39 is 11.8 Å². The van der Waals surface area contributed by atoms with E-state index in [1.807, 2.05) is 6.92 Å². The molecule has 0 N–H and O–H groups in total.